The lowest BCUT2D eigenvalue weighted by atomic mass is 9.92. The predicted octanol–water partition coefficient (Wildman–Crippen LogP) is 3.23. The van der Waals surface area contributed by atoms with Crippen molar-refractivity contribution in [2.75, 3.05) is 22.1 Å². The van der Waals surface area contributed by atoms with E-state index in [9.17, 15) is 27.6 Å². The second-order valence-corrected chi connectivity index (χ2v) is 8.06. The van der Waals surface area contributed by atoms with E-state index in [0.717, 1.165) is 31.4 Å². The maximum atomic E-state index is 13.0. The lowest BCUT2D eigenvalue weighted by Gasteiger charge is -2.34. The van der Waals surface area contributed by atoms with Crippen molar-refractivity contribution in [1.29, 1.82) is 0 Å². The number of amides is 2. The van der Waals surface area contributed by atoms with Crippen LogP contribution in [-0.2, 0) is 15.8 Å². The van der Waals surface area contributed by atoms with Gasteiger partial charge in [0.25, 0.3) is 5.56 Å². The number of fused-ring (bicyclic) bond motifs is 1. The summed E-state index contributed by atoms with van der Waals surface area (Å²) in [5.41, 5.74) is -1.58. The highest BCUT2D eigenvalue weighted by atomic mass is 19.4. The number of carbonyl (C=O) groups excluding carboxylic acids is 2. The molecule has 0 aliphatic carbocycles. The number of H-pyrrole nitrogens is 1. The largest absolute Gasteiger partial charge is 0.416 e. The molecule has 0 spiro atoms. The third-order valence-electron chi connectivity index (χ3n) is 5.79. The molecule has 1 saturated heterocycles. The summed E-state index contributed by atoms with van der Waals surface area (Å²) >= 11 is 0. The minimum Gasteiger partial charge on any atom is -0.340 e. The Morgan fingerprint density at radius 3 is 2.75 bits per heavy atom. The molecule has 170 valence electrons. The highest BCUT2D eigenvalue weighted by molar-refractivity contribution is 6.04. The zero-order valence-corrected chi connectivity index (χ0v) is 17.3. The minimum atomic E-state index is -4.57. The zero-order chi connectivity index (χ0) is 23.0. The predicted molar refractivity (Wildman–Crippen MR) is 112 cm³/mol. The Kier molecular flexibility index (Phi) is 5.66. The molecule has 8 nitrogen and oxygen atoms in total. The van der Waals surface area contributed by atoms with Gasteiger partial charge >= 0.3 is 6.18 Å². The van der Waals surface area contributed by atoms with Gasteiger partial charge in [-0.15, -0.1) is 0 Å². The molecule has 2 aliphatic rings. The number of hydrogen-bond acceptors (Lipinski definition) is 5. The van der Waals surface area contributed by atoms with Crippen LogP contribution in [0.2, 0.25) is 0 Å². The zero-order valence-electron chi connectivity index (χ0n) is 17.3. The van der Waals surface area contributed by atoms with Gasteiger partial charge in [-0.2, -0.15) is 18.2 Å². The highest BCUT2D eigenvalue weighted by Gasteiger charge is 2.36. The van der Waals surface area contributed by atoms with Crippen molar-refractivity contribution >= 4 is 29.3 Å². The van der Waals surface area contributed by atoms with Gasteiger partial charge in [0.2, 0.25) is 17.8 Å². The summed E-state index contributed by atoms with van der Waals surface area (Å²) in [6, 6.07) is 4.31. The van der Waals surface area contributed by atoms with Crippen LogP contribution in [0, 0.1) is 0 Å². The van der Waals surface area contributed by atoms with Crippen molar-refractivity contribution in [3.8, 4) is 0 Å². The SMILES string of the molecule is C[C@@H]1CCCCN1c1nc2c(c(=O)[nH]1)[C@H](C(=O)Nc1cccc(C(F)(F)F)c1)CC(=O)N2. The molecule has 4 rings (SSSR count). The van der Waals surface area contributed by atoms with Crippen molar-refractivity contribution < 1.29 is 22.8 Å². The van der Waals surface area contributed by atoms with Crippen LogP contribution in [0.5, 0.6) is 0 Å². The van der Waals surface area contributed by atoms with Crippen molar-refractivity contribution in [2.24, 2.45) is 0 Å². The molecule has 0 bridgehead atoms. The molecule has 0 radical (unpaired) electrons. The number of aromatic nitrogens is 2. The molecule has 32 heavy (non-hydrogen) atoms. The summed E-state index contributed by atoms with van der Waals surface area (Å²) < 4.78 is 38.9. The van der Waals surface area contributed by atoms with Gasteiger partial charge in [-0.05, 0) is 44.4 Å². The number of benzene rings is 1. The average Bonchev–Trinajstić information content (AvgIpc) is 2.72. The van der Waals surface area contributed by atoms with E-state index in [1.807, 2.05) is 11.8 Å². The standard InChI is InChI=1S/C21H22F3N5O3/c1-11-5-2-3-8-29(11)20-27-17-16(19(32)28-20)14(10-15(30)26-17)18(31)25-13-7-4-6-12(9-13)21(22,23)24/h4,6-7,9,11,14H,2-3,5,8,10H2,1H3,(H,25,31)(H2,26,27,28,30,32)/t11-,14-/m1/s1. The number of nitrogens with one attached hydrogen (secondary N) is 3. The van der Waals surface area contributed by atoms with E-state index >= 15 is 0 Å². The van der Waals surface area contributed by atoms with Gasteiger partial charge in [0.05, 0.1) is 17.0 Å². The Morgan fingerprint density at radius 2 is 2.03 bits per heavy atom. The van der Waals surface area contributed by atoms with Gasteiger partial charge in [-0.1, -0.05) is 6.07 Å². The fourth-order valence-electron chi connectivity index (χ4n) is 4.13. The Labute approximate surface area is 181 Å². The van der Waals surface area contributed by atoms with E-state index in [1.54, 1.807) is 0 Å². The first-order chi connectivity index (χ1) is 15.1. The Hall–Kier alpha value is -3.37. The monoisotopic (exact) mass is 449 g/mol. The average molecular weight is 449 g/mol. The Bertz CT molecular complexity index is 1110. The molecule has 0 saturated carbocycles. The van der Waals surface area contributed by atoms with Crippen LogP contribution in [0.25, 0.3) is 0 Å². The molecule has 1 aromatic carbocycles. The third-order valence-corrected chi connectivity index (χ3v) is 5.79. The lowest BCUT2D eigenvalue weighted by molar-refractivity contribution is -0.137. The van der Waals surface area contributed by atoms with E-state index < -0.39 is 35.0 Å². The summed E-state index contributed by atoms with van der Waals surface area (Å²) in [7, 11) is 0. The van der Waals surface area contributed by atoms with Gasteiger partial charge in [-0.3, -0.25) is 19.4 Å². The lowest BCUT2D eigenvalue weighted by Crippen LogP contribution is -2.42. The van der Waals surface area contributed by atoms with Gasteiger partial charge in [0.1, 0.15) is 5.82 Å². The number of halogens is 3. The van der Waals surface area contributed by atoms with E-state index in [1.165, 1.54) is 12.1 Å². The number of alkyl halides is 3. The third kappa shape index (κ3) is 4.32. The summed E-state index contributed by atoms with van der Waals surface area (Å²) in [6.07, 6.45) is -1.93. The van der Waals surface area contributed by atoms with Crippen LogP contribution < -0.4 is 21.1 Å². The van der Waals surface area contributed by atoms with Crippen molar-refractivity contribution in [1.82, 2.24) is 9.97 Å². The van der Waals surface area contributed by atoms with Gasteiger partial charge in [-0.25, -0.2) is 0 Å². The fourth-order valence-corrected chi connectivity index (χ4v) is 4.13. The first-order valence-corrected chi connectivity index (χ1v) is 10.3. The van der Waals surface area contributed by atoms with Crippen LogP contribution >= 0.6 is 0 Å². The number of anilines is 3. The number of piperidine rings is 1. The number of aromatic amines is 1. The molecule has 1 fully saturated rings. The maximum absolute atomic E-state index is 13.0. The van der Waals surface area contributed by atoms with E-state index in [0.29, 0.717) is 12.5 Å². The summed E-state index contributed by atoms with van der Waals surface area (Å²) in [6.45, 7) is 2.72. The number of nitrogens with zero attached hydrogens (tertiary/aromatic N) is 2. The van der Waals surface area contributed by atoms with E-state index in [-0.39, 0.29) is 29.5 Å². The first kappa shape index (κ1) is 21.8. The van der Waals surface area contributed by atoms with Crippen molar-refractivity contribution in [2.45, 2.75) is 50.7 Å². The van der Waals surface area contributed by atoms with Gasteiger partial charge in [0.15, 0.2) is 0 Å². The smallest absolute Gasteiger partial charge is 0.340 e. The van der Waals surface area contributed by atoms with Gasteiger partial charge in [0, 0.05) is 24.7 Å². The molecule has 2 aliphatic heterocycles. The van der Waals surface area contributed by atoms with Crippen molar-refractivity contribution in [3.05, 3.63) is 45.7 Å². The molecule has 11 heteroatoms. The molecule has 3 heterocycles. The normalized spacial score (nSPS) is 21.0. The molecule has 0 unspecified atom stereocenters. The number of rotatable bonds is 3. The maximum Gasteiger partial charge on any atom is 0.416 e. The first-order valence-electron chi connectivity index (χ1n) is 10.3. The summed E-state index contributed by atoms with van der Waals surface area (Å²) in [5, 5.41) is 4.94. The molecular formula is C21H22F3N5O3. The topological polar surface area (TPSA) is 107 Å². The highest BCUT2D eigenvalue weighted by Crippen LogP contribution is 2.33. The van der Waals surface area contributed by atoms with Crippen LogP contribution in [0.3, 0.4) is 0 Å². The van der Waals surface area contributed by atoms with Crippen LogP contribution in [-0.4, -0.2) is 34.4 Å². The summed E-state index contributed by atoms with van der Waals surface area (Å²) in [5.74, 6) is -2.12. The fraction of sp³-hybridized carbons (Fsp3) is 0.429. The Balaban J connectivity index is 1.64. The molecule has 1 aromatic heterocycles. The Morgan fingerprint density at radius 1 is 1.25 bits per heavy atom. The molecule has 2 atom stereocenters. The van der Waals surface area contributed by atoms with Gasteiger partial charge < -0.3 is 15.5 Å². The molecule has 2 amide bonds. The van der Waals surface area contributed by atoms with E-state index in [2.05, 4.69) is 20.6 Å². The summed E-state index contributed by atoms with van der Waals surface area (Å²) in [4.78, 5) is 47.0. The molecule has 3 N–H and O–H groups in total. The second-order valence-electron chi connectivity index (χ2n) is 8.06. The second kappa shape index (κ2) is 8.29. The quantitative estimate of drug-likeness (QED) is 0.667. The molecular weight excluding hydrogens is 427 g/mol. The number of hydrogen-bond donors (Lipinski definition) is 3. The van der Waals surface area contributed by atoms with Crippen LogP contribution in [0.4, 0.5) is 30.6 Å². The van der Waals surface area contributed by atoms with E-state index in [4.69, 9.17) is 0 Å². The van der Waals surface area contributed by atoms with Crippen LogP contribution in [0.1, 0.15) is 49.7 Å². The molecule has 2 aromatic rings. The van der Waals surface area contributed by atoms with Crippen LogP contribution in [0.15, 0.2) is 29.1 Å². The minimum absolute atomic E-state index is 0.00182. The van der Waals surface area contributed by atoms with Crippen molar-refractivity contribution in [3.63, 3.8) is 0 Å². The number of carbonyl (C=O) groups is 2.